The Labute approximate surface area is 181 Å². The molecule has 0 amide bonds. The largest absolute Gasteiger partial charge is 0.493 e. The lowest BCUT2D eigenvalue weighted by atomic mass is 10.1. The third-order valence-corrected chi connectivity index (χ3v) is 5.94. The number of para-hydroxylation sites is 1. The van der Waals surface area contributed by atoms with Crippen molar-refractivity contribution < 1.29 is 9.47 Å². The van der Waals surface area contributed by atoms with Gasteiger partial charge in [0, 0.05) is 48.2 Å². The van der Waals surface area contributed by atoms with E-state index in [1.807, 2.05) is 12.1 Å². The summed E-state index contributed by atoms with van der Waals surface area (Å²) in [6, 6.07) is 12.3. The summed E-state index contributed by atoms with van der Waals surface area (Å²) in [7, 11) is 3.29. The molecule has 0 atom stereocenters. The Kier molecular flexibility index (Phi) is 5.24. The number of ether oxygens (including phenoxy) is 2. The predicted molar refractivity (Wildman–Crippen MR) is 125 cm³/mol. The number of fused-ring (bicyclic) bond motifs is 2. The summed E-state index contributed by atoms with van der Waals surface area (Å²) in [6.07, 6.45) is 5.34. The molecule has 0 unspecified atom stereocenters. The SMILES string of the molecule is COc1cc2nc(N3CCCC3)nc(NCCc3c[nH]c4ccccc34)c2cc1OC. The molecule has 31 heavy (non-hydrogen) atoms. The maximum atomic E-state index is 5.52. The monoisotopic (exact) mass is 417 g/mol. The highest BCUT2D eigenvalue weighted by atomic mass is 16.5. The number of methoxy groups -OCH3 is 2. The van der Waals surface area contributed by atoms with Gasteiger partial charge in [0.1, 0.15) is 5.82 Å². The number of benzene rings is 2. The molecule has 0 radical (unpaired) electrons. The summed E-state index contributed by atoms with van der Waals surface area (Å²) in [4.78, 5) is 15.3. The smallest absolute Gasteiger partial charge is 0.227 e. The average Bonchev–Trinajstić information content (AvgIpc) is 3.48. The molecule has 4 aromatic rings. The molecule has 7 heteroatoms. The van der Waals surface area contributed by atoms with E-state index >= 15 is 0 Å². The van der Waals surface area contributed by atoms with E-state index < -0.39 is 0 Å². The van der Waals surface area contributed by atoms with Crippen LogP contribution in [0.3, 0.4) is 0 Å². The van der Waals surface area contributed by atoms with Gasteiger partial charge in [0.2, 0.25) is 5.95 Å². The summed E-state index contributed by atoms with van der Waals surface area (Å²) in [5, 5.41) is 5.75. The zero-order valence-electron chi connectivity index (χ0n) is 17.9. The second-order valence-corrected chi connectivity index (χ2v) is 7.83. The van der Waals surface area contributed by atoms with Crippen LogP contribution in [0, 0.1) is 0 Å². The molecule has 1 fully saturated rings. The van der Waals surface area contributed by atoms with Crippen molar-refractivity contribution in [3.8, 4) is 11.5 Å². The molecule has 1 aliphatic heterocycles. The quantitative estimate of drug-likeness (QED) is 0.465. The molecule has 0 spiro atoms. The fourth-order valence-corrected chi connectivity index (χ4v) is 4.29. The van der Waals surface area contributed by atoms with Gasteiger partial charge in [-0.2, -0.15) is 4.98 Å². The molecule has 160 valence electrons. The van der Waals surface area contributed by atoms with Crippen LogP contribution in [0.25, 0.3) is 21.8 Å². The van der Waals surface area contributed by atoms with Gasteiger partial charge in [-0.05, 0) is 37.0 Å². The highest BCUT2D eigenvalue weighted by molar-refractivity contribution is 5.93. The Bertz CT molecular complexity index is 1210. The molecule has 7 nitrogen and oxygen atoms in total. The maximum Gasteiger partial charge on any atom is 0.227 e. The Morgan fingerprint density at radius 2 is 1.77 bits per heavy atom. The lowest BCUT2D eigenvalue weighted by Crippen LogP contribution is -2.21. The normalized spacial score (nSPS) is 13.8. The first-order valence-corrected chi connectivity index (χ1v) is 10.7. The van der Waals surface area contributed by atoms with Crippen molar-refractivity contribution in [1.82, 2.24) is 15.0 Å². The average molecular weight is 418 g/mol. The number of aromatic nitrogens is 3. The second kappa shape index (κ2) is 8.34. The van der Waals surface area contributed by atoms with E-state index in [-0.39, 0.29) is 0 Å². The number of H-pyrrole nitrogens is 1. The second-order valence-electron chi connectivity index (χ2n) is 7.83. The van der Waals surface area contributed by atoms with Crippen LogP contribution in [0.2, 0.25) is 0 Å². The van der Waals surface area contributed by atoms with Crippen LogP contribution in [0.1, 0.15) is 18.4 Å². The van der Waals surface area contributed by atoms with Gasteiger partial charge in [-0.15, -0.1) is 0 Å². The van der Waals surface area contributed by atoms with Crippen LogP contribution in [0.15, 0.2) is 42.6 Å². The Balaban J connectivity index is 1.47. The van der Waals surface area contributed by atoms with E-state index in [4.69, 9.17) is 19.4 Å². The van der Waals surface area contributed by atoms with Crippen LogP contribution < -0.4 is 19.7 Å². The van der Waals surface area contributed by atoms with E-state index in [0.29, 0.717) is 11.5 Å². The highest BCUT2D eigenvalue weighted by Gasteiger charge is 2.19. The van der Waals surface area contributed by atoms with Crippen LogP contribution in [0.5, 0.6) is 11.5 Å². The fraction of sp³-hybridized carbons (Fsp3) is 0.333. The van der Waals surface area contributed by atoms with Crippen molar-refractivity contribution in [3.63, 3.8) is 0 Å². The van der Waals surface area contributed by atoms with Crippen LogP contribution in [0.4, 0.5) is 11.8 Å². The van der Waals surface area contributed by atoms with Gasteiger partial charge in [0.15, 0.2) is 11.5 Å². The summed E-state index contributed by atoms with van der Waals surface area (Å²) >= 11 is 0. The summed E-state index contributed by atoms with van der Waals surface area (Å²) in [5.41, 5.74) is 3.31. The van der Waals surface area contributed by atoms with Gasteiger partial charge in [-0.1, -0.05) is 18.2 Å². The first kappa shape index (κ1) is 19.5. The fourth-order valence-electron chi connectivity index (χ4n) is 4.29. The number of hydrogen-bond acceptors (Lipinski definition) is 6. The molecule has 3 heterocycles. The molecule has 0 aliphatic carbocycles. The Morgan fingerprint density at radius 1 is 1.00 bits per heavy atom. The van der Waals surface area contributed by atoms with Crippen LogP contribution in [-0.4, -0.2) is 48.8 Å². The van der Waals surface area contributed by atoms with Gasteiger partial charge >= 0.3 is 0 Å². The zero-order valence-corrected chi connectivity index (χ0v) is 17.9. The Morgan fingerprint density at radius 3 is 2.58 bits per heavy atom. The van der Waals surface area contributed by atoms with Crippen molar-refractivity contribution in [1.29, 1.82) is 0 Å². The lowest BCUT2D eigenvalue weighted by molar-refractivity contribution is 0.356. The molecule has 0 bridgehead atoms. The number of nitrogens with one attached hydrogen (secondary N) is 2. The highest BCUT2D eigenvalue weighted by Crippen LogP contribution is 2.35. The molecule has 2 aromatic carbocycles. The van der Waals surface area contributed by atoms with Gasteiger partial charge in [-0.3, -0.25) is 0 Å². The van der Waals surface area contributed by atoms with Gasteiger partial charge < -0.3 is 24.7 Å². The minimum Gasteiger partial charge on any atom is -0.493 e. The number of rotatable bonds is 7. The van der Waals surface area contributed by atoms with Crippen molar-refractivity contribution in [2.24, 2.45) is 0 Å². The zero-order chi connectivity index (χ0) is 21.2. The lowest BCUT2D eigenvalue weighted by Gasteiger charge is -2.19. The number of hydrogen-bond donors (Lipinski definition) is 2. The molecule has 5 rings (SSSR count). The predicted octanol–water partition coefficient (Wildman–Crippen LogP) is 4.38. The van der Waals surface area contributed by atoms with Crippen molar-refractivity contribution in [2.45, 2.75) is 19.3 Å². The molecule has 1 saturated heterocycles. The van der Waals surface area contributed by atoms with Crippen molar-refractivity contribution >= 4 is 33.6 Å². The summed E-state index contributed by atoms with van der Waals surface area (Å²) in [5.74, 6) is 2.94. The van der Waals surface area contributed by atoms with Gasteiger partial charge in [0.05, 0.1) is 19.7 Å². The number of anilines is 2. The Hall–Kier alpha value is -3.48. The third-order valence-electron chi connectivity index (χ3n) is 5.94. The molecule has 1 aliphatic rings. The third kappa shape index (κ3) is 3.71. The van der Waals surface area contributed by atoms with E-state index in [9.17, 15) is 0 Å². The molecule has 2 aromatic heterocycles. The summed E-state index contributed by atoms with van der Waals surface area (Å²) < 4.78 is 11.0. The van der Waals surface area contributed by atoms with Crippen LogP contribution >= 0.6 is 0 Å². The van der Waals surface area contributed by atoms with E-state index in [2.05, 4.69) is 45.7 Å². The van der Waals surface area contributed by atoms with Crippen molar-refractivity contribution in [2.75, 3.05) is 44.1 Å². The molecular weight excluding hydrogens is 390 g/mol. The van der Waals surface area contributed by atoms with E-state index in [1.54, 1.807) is 14.2 Å². The topological polar surface area (TPSA) is 75.3 Å². The number of aromatic amines is 1. The van der Waals surface area contributed by atoms with Crippen molar-refractivity contribution in [3.05, 3.63) is 48.2 Å². The molecule has 2 N–H and O–H groups in total. The minimum absolute atomic E-state index is 0.672. The number of nitrogens with zero attached hydrogens (tertiary/aromatic N) is 3. The summed E-state index contributed by atoms with van der Waals surface area (Å²) in [6.45, 7) is 2.75. The molecule has 0 saturated carbocycles. The minimum atomic E-state index is 0.672. The van der Waals surface area contributed by atoms with Crippen LogP contribution in [-0.2, 0) is 6.42 Å². The first-order valence-electron chi connectivity index (χ1n) is 10.7. The standard InChI is InChI=1S/C24H27N5O2/c1-30-21-13-18-20(14-22(21)31-2)27-24(29-11-5-6-12-29)28-23(18)25-10-9-16-15-26-19-8-4-3-7-17(16)19/h3-4,7-8,13-15,26H,5-6,9-12H2,1-2H3,(H,25,27,28). The molecular formula is C24H27N5O2. The first-order chi connectivity index (χ1) is 15.3. The van der Waals surface area contributed by atoms with E-state index in [0.717, 1.165) is 54.2 Å². The maximum absolute atomic E-state index is 5.52. The van der Waals surface area contributed by atoms with Gasteiger partial charge in [0.25, 0.3) is 0 Å². The van der Waals surface area contributed by atoms with Gasteiger partial charge in [-0.25, -0.2) is 4.98 Å². The van der Waals surface area contributed by atoms with E-state index in [1.165, 1.54) is 23.8 Å².